The van der Waals surface area contributed by atoms with E-state index >= 15 is 0 Å². The van der Waals surface area contributed by atoms with Gasteiger partial charge in [0, 0.05) is 11.1 Å². The maximum absolute atomic E-state index is 6.82. The molecule has 0 saturated heterocycles. The second-order valence-corrected chi connectivity index (χ2v) is 12.1. The van der Waals surface area contributed by atoms with Gasteiger partial charge in [0.2, 0.25) is 23.0 Å². The van der Waals surface area contributed by atoms with Crippen LogP contribution in [-0.2, 0) is 12.8 Å². The number of ether oxygens (including phenoxy) is 12. The average Bonchev–Trinajstić information content (AvgIpc) is 3.20. The number of hydrogen-bond donors (Lipinski definition) is 0. The average molecular weight is 719 g/mol. The van der Waals surface area contributed by atoms with E-state index in [0.29, 0.717) is 94.7 Å². The van der Waals surface area contributed by atoms with E-state index in [-0.39, 0.29) is 12.2 Å². The zero-order valence-electron chi connectivity index (χ0n) is 31.3. The Kier molecular flexibility index (Phi) is 10.7. The molecule has 0 unspecified atom stereocenters. The van der Waals surface area contributed by atoms with Gasteiger partial charge in [0.1, 0.15) is 12.2 Å². The van der Waals surface area contributed by atoms with Crippen LogP contribution in [0.15, 0.2) is 36.4 Å². The van der Waals surface area contributed by atoms with Crippen LogP contribution in [0.25, 0.3) is 11.1 Å². The largest absolute Gasteiger partial charge is 0.493 e. The molecule has 2 aliphatic heterocycles. The number of hydrogen-bond acceptors (Lipinski definition) is 12. The third-order valence-corrected chi connectivity index (χ3v) is 9.70. The van der Waals surface area contributed by atoms with Crippen LogP contribution in [0.4, 0.5) is 0 Å². The predicted molar refractivity (Wildman–Crippen MR) is 194 cm³/mol. The lowest BCUT2D eigenvalue weighted by Crippen LogP contribution is -2.19. The van der Waals surface area contributed by atoms with Gasteiger partial charge in [0.25, 0.3) is 0 Å². The zero-order valence-corrected chi connectivity index (χ0v) is 31.3. The minimum Gasteiger partial charge on any atom is -0.493 e. The third-order valence-electron chi connectivity index (χ3n) is 9.70. The molecule has 2 atom stereocenters. The highest BCUT2D eigenvalue weighted by Gasteiger charge is 2.35. The van der Waals surface area contributed by atoms with Gasteiger partial charge in [-0.25, -0.2) is 0 Å². The van der Waals surface area contributed by atoms with E-state index in [9.17, 15) is 0 Å². The summed E-state index contributed by atoms with van der Waals surface area (Å²) < 4.78 is 71.0. The summed E-state index contributed by atoms with van der Waals surface area (Å²) in [6.45, 7) is 0. The maximum atomic E-state index is 6.82. The summed E-state index contributed by atoms with van der Waals surface area (Å²) in [6.07, 6.45) is 2.01. The minimum absolute atomic E-state index is 0.336. The summed E-state index contributed by atoms with van der Waals surface area (Å²) in [6, 6.07) is 11.6. The van der Waals surface area contributed by atoms with Crippen LogP contribution in [0.3, 0.4) is 0 Å². The molecule has 12 nitrogen and oxygen atoms in total. The molecule has 52 heavy (non-hydrogen) atoms. The Morgan fingerprint density at radius 2 is 0.673 bits per heavy atom. The number of benzene rings is 4. The molecule has 0 radical (unpaired) electrons. The van der Waals surface area contributed by atoms with Crippen molar-refractivity contribution in [3.8, 4) is 80.1 Å². The Morgan fingerprint density at radius 3 is 0.942 bits per heavy atom. The molecule has 6 rings (SSSR count). The molecule has 0 aliphatic carbocycles. The summed E-state index contributed by atoms with van der Waals surface area (Å²) >= 11 is 0. The van der Waals surface area contributed by atoms with Gasteiger partial charge in [0.05, 0.1) is 71.1 Å². The van der Waals surface area contributed by atoms with Crippen molar-refractivity contribution in [1.29, 1.82) is 0 Å². The van der Waals surface area contributed by atoms with Crippen molar-refractivity contribution in [1.82, 2.24) is 0 Å². The predicted octanol–water partition coefficient (Wildman–Crippen LogP) is 7.57. The zero-order chi connectivity index (χ0) is 37.1. The number of methoxy groups -OCH3 is 10. The van der Waals surface area contributed by atoms with Crippen LogP contribution in [0.2, 0.25) is 0 Å². The minimum atomic E-state index is -0.336. The van der Waals surface area contributed by atoms with E-state index < -0.39 is 0 Å². The second kappa shape index (κ2) is 15.4. The Labute approximate surface area is 304 Å². The molecular weight excluding hydrogens is 672 g/mol. The second-order valence-electron chi connectivity index (χ2n) is 12.1. The van der Waals surface area contributed by atoms with Crippen molar-refractivity contribution < 1.29 is 56.8 Å². The first kappa shape index (κ1) is 36.3. The number of fused-ring (bicyclic) bond motifs is 2. The molecule has 2 heterocycles. The Hall–Kier alpha value is -5.52. The van der Waals surface area contributed by atoms with E-state index in [4.69, 9.17) is 56.8 Å². The van der Waals surface area contributed by atoms with Crippen molar-refractivity contribution in [2.75, 3.05) is 71.1 Å². The molecule has 2 aliphatic rings. The third kappa shape index (κ3) is 6.20. The highest BCUT2D eigenvalue weighted by molar-refractivity contribution is 5.83. The lowest BCUT2D eigenvalue weighted by atomic mass is 9.85. The fourth-order valence-electron chi connectivity index (χ4n) is 7.22. The van der Waals surface area contributed by atoms with Crippen LogP contribution in [0, 0.1) is 0 Å². The van der Waals surface area contributed by atoms with E-state index in [1.54, 1.807) is 71.1 Å². The lowest BCUT2D eigenvalue weighted by Gasteiger charge is -2.33. The van der Waals surface area contributed by atoms with Gasteiger partial charge in [-0.15, -0.1) is 0 Å². The molecular formula is C40H46O12. The molecule has 0 fully saturated rings. The van der Waals surface area contributed by atoms with Gasteiger partial charge in [-0.1, -0.05) is 0 Å². The molecule has 0 aromatic heterocycles. The fourth-order valence-corrected chi connectivity index (χ4v) is 7.22. The maximum Gasteiger partial charge on any atom is 0.203 e. The van der Waals surface area contributed by atoms with Crippen molar-refractivity contribution in [2.45, 2.75) is 37.9 Å². The van der Waals surface area contributed by atoms with E-state index in [2.05, 4.69) is 0 Å². The van der Waals surface area contributed by atoms with Gasteiger partial charge >= 0.3 is 0 Å². The molecule has 0 saturated carbocycles. The van der Waals surface area contributed by atoms with Crippen LogP contribution in [0.1, 0.15) is 47.3 Å². The molecule has 4 aromatic carbocycles. The molecule has 4 aromatic rings. The van der Waals surface area contributed by atoms with E-state index in [1.807, 2.05) is 36.4 Å². The van der Waals surface area contributed by atoms with Crippen LogP contribution < -0.4 is 56.8 Å². The normalized spacial score (nSPS) is 15.9. The van der Waals surface area contributed by atoms with Gasteiger partial charge < -0.3 is 56.8 Å². The van der Waals surface area contributed by atoms with Crippen LogP contribution in [0.5, 0.6) is 69.0 Å². The Morgan fingerprint density at radius 1 is 0.385 bits per heavy atom. The first-order valence-corrected chi connectivity index (χ1v) is 16.8. The summed E-state index contributed by atoms with van der Waals surface area (Å²) in [5, 5.41) is 0. The first-order chi connectivity index (χ1) is 25.3. The summed E-state index contributed by atoms with van der Waals surface area (Å²) in [5.74, 6) is 6.47. The molecule has 0 spiro atoms. The van der Waals surface area contributed by atoms with E-state index in [1.165, 1.54) is 0 Å². The van der Waals surface area contributed by atoms with Crippen molar-refractivity contribution in [3.05, 3.63) is 58.7 Å². The van der Waals surface area contributed by atoms with Gasteiger partial charge in [-0.05, 0) is 84.3 Å². The molecule has 0 N–H and O–H groups in total. The fraction of sp³-hybridized carbons (Fsp3) is 0.400. The summed E-state index contributed by atoms with van der Waals surface area (Å²) in [5.41, 5.74) is 5.54. The Balaban J connectivity index is 1.48. The van der Waals surface area contributed by atoms with E-state index in [0.717, 1.165) is 33.4 Å². The van der Waals surface area contributed by atoms with Gasteiger partial charge in [-0.3, -0.25) is 0 Å². The quantitative estimate of drug-likeness (QED) is 0.136. The number of rotatable bonds is 13. The highest BCUT2D eigenvalue weighted by atomic mass is 16.6. The highest BCUT2D eigenvalue weighted by Crippen LogP contribution is 2.56. The van der Waals surface area contributed by atoms with Gasteiger partial charge in [0.15, 0.2) is 46.0 Å². The molecule has 278 valence electrons. The van der Waals surface area contributed by atoms with Crippen LogP contribution >= 0.6 is 0 Å². The molecule has 0 bridgehead atoms. The van der Waals surface area contributed by atoms with Crippen molar-refractivity contribution >= 4 is 0 Å². The summed E-state index contributed by atoms with van der Waals surface area (Å²) in [4.78, 5) is 0. The first-order valence-electron chi connectivity index (χ1n) is 16.8. The Bertz CT molecular complexity index is 1750. The smallest absolute Gasteiger partial charge is 0.203 e. The standard InChI is InChI=1S/C40H46O12/c1-41-29-15-21(16-30(42-2)37(29)47-7)27-13-11-23-25(19-33(45-5)39(49-9)35(23)51-27)26-20-34(46-6)40(50-10)36-24(26)12-14-28(52-36)22-17-31(43-3)38(48-8)32(18-22)44-4/h15-20,27-28H,11-14H2,1-10H3/t27-,28-/m0/s1. The van der Waals surface area contributed by atoms with Crippen LogP contribution in [-0.4, -0.2) is 71.1 Å². The lowest BCUT2D eigenvalue weighted by molar-refractivity contribution is 0.165. The van der Waals surface area contributed by atoms with Gasteiger partial charge in [-0.2, -0.15) is 0 Å². The van der Waals surface area contributed by atoms with Crippen molar-refractivity contribution in [3.63, 3.8) is 0 Å². The molecule has 0 amide bonds. The SMILES string of the molecule is COc1cc([C@@H]2CCc3c(-c4cc(OC)c(OC)c5c4CC[C@@H](c4cc(OC)c(OC)c(OC)c4)O5)cc(OC)c(OC)c3O2)cc(OC)c1OC. The summed E-state index contributed by atoms with van der Waals surface area (Å²) in [7, 11) is 16.0. The van der Waals surface area contributed by atoms with Crippen molar-refractivity contribution in [2.24, 2.45) is 0 Å². The topological polar surface area (TPSA) is 111 Å². The monoisotopic (exact) mass is 718 g/mol. The molecule has 12 heteroatoms.